The van der Waals surface area contributed by atoms with Gasteiger partial charge in [-0.05, 0) is 36.2 Å². The zero-order valence-corrected chi connectivity index (χ0v) is 16.3. The van der Waals surface area contributed by atoms with Crippen LogP contribution in [0.25, 0.3) is 11.3 Å². The number of aromatic carboxylic acids is 1. The first-order valence-corrected chi connectivity index (χ1v) is 9.09. The van der Waals surface area contributed by atoms with Crippen molar-refractivity contribution in [2.75, 3.05) is 19.0 Å². The van der Waals surface area contributed by atoms with Crippen molar-refractivity contribution in [1.82, 2.24) is 9.97 Å². The van der Waals surface area contributed by atoms with Crippen LogP contribution in [0, 0.1) is 0 Å². The topological polar surface area (TPSA) is 93.6 Å². The van der Waals surface area contributed by atoms with E-state index in [1.807, 2.05) is 0 Å². The van der Waals surface area contributed by atoms with Gasteiger partial charge in [0.25, 0.3) is 0 Å². The predicted octanol–water partition coefficient (Wildman–Crippen LogP) is 4.40. The Bertz CT molecular complexity index is 1060. The smallest absolute Gasteiger partial charge is 0.478 e. The Balaban J connectivity index is 1.69. The highest BCUT2D eigenvalue weighted by molar-refractivity contribution is 5.89. The molecule has 1 heterocycles. The highest BCUT2D eigenvalue weighted by Crippen LogP contribution is 2.24. The first-order valence-electron chi connectivity index (χ1n) is 9.09. The van der Waals surface area contributed by atoms with Crippen LogP contribution in [0.4, 0.5) is 19.0 Å². The Morgan fingerprint density at radius 1 is 1.10 bits per heavy atom. The average molecular weight is 433 g/mol. The number of carbonyl (C=O) groups is 1. The molecule has 3 rings (SSSR count). The van der Waals surface area contributed by atoms with Crippen LogP contribution in [0.3, 0.4) is 0 Å². The quantitative estimate of drug-likeness (QED) is 0.544. The molecule has 0 aliphatic heterocycles. The normalized spacial score (nSPS) is 11.1. The Labute approximate surface area is 175 Å². The molecule has 3 aromatic rings. The monoisotopic (exact) mass is 433 g/mol. The molecule has 0 saturated heterocycles. The van der Waals surface area contributed by atoms with Crippen LogP contribution in [0.2, 0.25) is 0 Å². The second kappa shape index (κ2) is 9.33. The number of ether oxygens (including phenoxy) is 2. The minimum Gasteiger partial charge on any atom is -0.478 e. The second-order valence-corrected chi connectivity index (χ2v) is 6.38. The fourth-order valence-corrected chi connectivity index (χ4v) is 2.76. The van der Waals surface area contributed by atoms with E-state index in [0.29, 0.717) is 30.0 Å². The van der Waals surface area contributed by atoms with Gasteiger partial charge in [0.15, 0.2) is 0 Å². The van der Waals surface area contributed by atoms with Crippen molar-refractivity contribution in [3.05, 3.63) is 65.7 Å². The van der Waals surface area contributed by atoms with E-state index in [4.69, 9.17) is 4.74 Å². The first kappa shape index (κ1) is 21.9. The summed E-state index contributed by atoms with van der Waals surface area (Å²) in [5, 5.41) is 12.3. The number of aromatic nitrogens is 2. The minimum atomic E-state index is -4.73. The van der Waals surface area contributed by atoms with Crippen molar-refractivity contribution in [2.24, 2.45) is 0 Å². The summed E-state index contributed by atoms with van der Waals surface area (Å²) in [5.41, 5.74) is 2.00. The number of carboxylic acid groups (broad SMARTS) is 1. The summed E-state index contributed by atoms with van der Waals surface area (Å²) in [6, 6.07) is 13.7. The number of alkyl halides is 3. The molecule has 7 nitrogen and oxygen atoms in total. The molecule has 0 aliphatic carbocycles. The fraction of sp³-hybridized carbons (Fsp3) is 0.190. The third kappa shape index (κ3) is 6.33. The van der Waals surface area contributed by atoms with Gasteiger partial charge in [-0.2, -0.15) is 9.97 Å². The fourth-order valence-electron chi connectivity index (χ4n) is 2.76. The molecule has 162 valence electrons. The van der Waals surface area contributed by atoms with Gasteiger partial charge >= 0.3 is 18.3 Å². The molecule has 31 heavy (non-hydrogen) atoms. The molecule has 0 unspecified atom stereocenters. The number of rotatable bonds is 8. The summed E-state index contributed by atoms with van der Waals surface area (Å²) in [6.45, 7) is 0.439. The molecule has 0 spiro atoms. The molecule has 0 fully saturated rings. The summed E-state index contributed by atoms with van der Waals surface area (Å²) < 4.78 is 45.7. The number of methoxy groups -OCH3 is 1. The third-order valence-electron chi connectivity index (χ3n) is 4.17. The number of anilines is 1. The maximum atomic E-state index is 12.2. The van der Waals surface area contributed by atoms with Gasteiger partial charge in [-0.15, -0.1) is 13.2 Å². The zero-order valence-electron chi connectivity index (χ0n) is 16.3. The standard InChI is InChI=1S/C21H18F3N3O4/c1-30-20-26-17(14-3-2-4-15(11-14)19(28)29)12-18(27-20)25-10-9-13-5-7-16(8-6-13)31-21(22,23)24/h2-8,11-12H,9-10H2,1H3,(H,28,29)(H,25,26,27). The molecule has 0 amide bonds. The number of carboxylic acids is 1. The van der Waals surface area contributed by atoms with Crippen LogP contribution in [0.5, 0.6) is 11.8 Å². The summed E-state index contributed by atoms with van der Waals surface area (Å²) in [7, 11) is 1.42. The van der Waals surface area contributed by atoms with Gasteiger partial charge < -0.3 is 19.9 Å². The highest BCUT2D eigenvalue weighted by Gasteiger charge is 2.30. The van der Waals surface area contributed by atoms with Crippen molar-refractivity contribution in [1.29, 1.82) is 0 Å². The van der Waals surface area contributed by atoms with E-state index in [9.17, 15) is 23.1 Å². The van der Waals surface area contributed by atoms with Crippen LogP contribution in [-0.2, 0) is 6.42 Å². The van der Waals surface area contributed by atoms with Crippen molar-refractivity contribution in [3.8, 4) is 23.0 Å². The summed E-state index contributed by atoms with van der Waals surface area (Å²) >= 11 is 0. The van der Waals surface area contributed by atoms with Crippen LogP contribution >= 0.6 is 0 Å². The maximum Gasteiger partial charge on any atom is 0.573 e. The number of benzene rings is 2. The summed E-state index contributed by atoms with van der Waals surface area (Å²) in [6.07, 6.45) is -4.21. The van der Waals surface area contributed by atoms with Crippen LogP contribution in [0.1, 0.15) is 15.9 Å². The van der Waals surface area contributed by atoms with Crippen molar-refractivity contribution < 1.29 is 32.5 Å². The number of hydrogen-bond donors (Lipinski definition) is 2. The van der Waals surface area contributed by atoms with Crippen LogP contribution < -0.4 is 14.8 Å². The maximum absolute atomic E-state index is 12.2. The Morgan fingerprint density at radius 2 is 1.84 bits per heavy atom. The minimum absolute atomic E-state index is 0.106. The number of nitrogens with zero attached hydrogens (tertiary/aromatic N) is 2. The lowest BCUT2D eigenvalue weighted by Gasteiger charge is -2.11. The van der Waals surface area contributed by atoms with Gasteiger partial charge in [-0.25, -0.2) is 4.79 Å². The van der Waals surface area contributed by atoms with E-state index in [0.717, 1.165) is 5.56 Å². The number of halogens is 3. The SMILES string of the molecule is COc1nc(NCCc2ccc(OC(F)(F)F)cc2)cc(-c2cccc(C(=O)O)c2)n1. The van der Waals surface area contributed by atoms with Crippen molar-refractivity contribution >= 4 is 11.8 Å². The molecule has 2 N–H and O–H groups in total. The van der Waals surface area contributed by atoms with Crippen molar-refractivity contribution in [2.45, 2.75) is 12.8 Å². The molecule has 0 saturated carbocycles. The van der Waals surface area contributed by atoms with E-state index in [1.54, 1.807) is 30.3 Å². The molecular weight excluding hydrogens is 415 g/mol. The first-order chi connectivity index (χ1) is 14.7. The van der Waals surface area contributed by atoms with E-state index in [1.165, 1.54) is 31.4 Å². The van der Waals surface area contributed by atoms with Gasteiger partial charge in [-0.3, -0.25) is 0 Å². The van der Waals surface area contributed by atoms with Gasteiger partial charge in [-0.1, -0.05) is 24.3 Å². The van der Waals surface area contributed by atoms with E-state index in [-0.39, 0.29) is 17.3 Å². The predicted molar refractivity (Wildman–Crippen MR) is 106 cm³/mol. The van der Waals surface area contributed by atoms with Gasteiger partial charge in [0.2, 0.25) is 0 Å². The number of nitrogens with one attached hydrogen (secondary N) is 1. The molecule has 0 bridgehead atoms. The third-order valence-corrected chi connectivity index (χ3v) is 4.17. The lowest BCUT2D eigenvalue weighted by atomic mass is 10.1. The second-order valence-electron chi connectivity index (χ2n) is 6.38. The average Bonchev–Trinajstić information content (AvgIpc) is 2.74. The molecule has 0 atom stereocenters. The van der Waals surface area contributed by atoms with Gasteiger partial charge in [0.1, 0.15) is 11.6 Å². The van der Waals surface area contributed by atoms with E-state index >= 15 is 0 Å². The largest absolute Gasteiger partial charge is 0.573 e. The molecular formula is C21H18F3N3O4. The van der Waals surface area contributed by atoms with Gasteiger partial charge in [0.05, 0.1) is 18.4 Å². The lowest BCUT2D eigenvalue weighted by Crippen LogP contribution is -2.17. The molecule has 2 aromatic carbocycles. The molecule has 1 aromatic heterocycles. The Kier molecular flexibility index (Phi) is 6.58. The van der Waals surface area contributed by atoms with E-state index in [2.05, 4.69) is 20.0 Å². The Morgan fingerprint density at radius 3 is 2.48 bits per heavy atom. The molecule has 0 aliphatic rings. The van der Waals surface area contributed by atoms with Gasteiger partial charge in [0, 0.05) is 18.2 Å². The van der Waals surface area contributed by atoms with E-state index < -0.39 is 12.3 Å². The zero-order chi connectivity index (χ0) is 22.4. The lowest BCUT2D eigenvalue weighted by molar-refractivity contribution is -0.274. The van der Waals surface area contributed by atoms with Crippen LogP contribution in [-0.4, -0.2) is 41.1 Å². The molecule has 0 radical (unpaired) electrons. The number of hydrogen-bond acceptors (Lipinski definition) is 6. The highest BCUT2D eigenvalue weighted by atomic mass is 19.4. The molecule has 10 heteroatoms. The van der Waals surface area contributed by atoms with Crippen molar-refractivity contribution in [3.63, 3.8) is 0 Å². The Hall–Kier alpha value is -3.82. The summed E-state index contributed by atoms with van der Waals surface area (Å²) in [5.74, 6) is -0.870. The van der Waals surface area contributed by atoms with Crippen LogP contribution in [0.15, 0.2) is 54.6 Å². The summed E-state index contributed by atoms with van der Waals surface area (Å²) in [4.78, 5) is 19.7.